The zero-order chi connectivity index (χ0) is 13.7. The van der Waals surface area contributed by atoms with E-state index in [4.69, 9.17) is 4.74 Å². The maximum atomic E-state index is 12.4. The number of carbonyl (C=O) groups excluding carboxylic acids is 1. The van der Waals surface area contributed by atoms with Crippen molar-refractivity contribution in [3.63, 3.8) is 0 Å². The monoisotopic (exact) mass is 277 g/mol. The van der Waals surface area contributed by atoms with Crippen molar-refractivity contribution in [3.05, 3.63) is 0 Å². The molecule has 3 heterocycles. The molecule has 0 unspecified atom stereocenters. The van der Waals surface area contributed by atoms with Crippen LogP contribution >= 0.6 is 0 Å². The van der Waals surface area contributed by atoms with Crippen molar-refractivity contribution in [2.75, 3.05) is 19.7 Å². The summed E-state index contributed by atoms with van der Waals surface area (Å²) in [6.45, 7) is 9.47. The van der Waals surface area contributed by atoms with Gasteiger partial charge >= 0.3 is 5.97 Å². The van der Waals surface area contributed by atoms with Crippen LogP contribution in [0.4, 0.5) is 0 Å². The van der Waals surface area contributed by atoms with Gasteiger partial charge in [0.1, 0.15) is 13.5 Å². The minimum absolute atomic E-state index is 0.0248. The summed E-state index contributed by atoms with van der Waals surface area (Å²) in [6, 6.07) is 0.392. The lowest BCUT2D eigenvalue weighted by Crippen LogP contribution is -2.41. The Bertz CT molecular complexity index is 459. The Hall–Kier alpha value is -0.793. The van der Waals surface area contributed by atoms with Gasteiger partial charge in [0, 0.05) is 19.0 Å². The molecule has 0 aromatic heterocycles. The Morgan fingerprint density at radius 3 is 2.84 bits per heavy atom. The van der Waals surface area contributed by atoms with E-state index < -0.39 is 8.07 Å². The summed E-state index contributed by atoms with van der Waals surface area (Å²) in [7, 11) is -1.38. The quantitative estimate of drug-likeness (QED) is 0.385. The Morgan fingerprint density at radius 1 is 1.42 bits per heavy atom. The molecular weight excluding hydrogens is 254 g/mol. The number of esters is 1. The Labute approximate surface area is 116 Å². The second-order valence-corrected chi connectivity index (χ2v) is 11.9. The van der Waals surface area contributed by atoms with Crippen LogP contribution in [0.5, 0.6) is 0 Å². The first-order valence-electron chi connectivity index (χ1n) is 7.37. The van der Waals surface area contributed by atoms with Crippen LogP contribution in [-0.2, 0) is 9.53 Å². The maximum Gasteiger partial charge on any atom is 0.315 e. The standard InChI is InChI=1S/C15H23NO2Si/c1-19(2,3)10-6-12-11-16-8-4-5-13(16)15(12)7-9-18-14(15)17/h12-13H,4-5,7-9,11H2,1-3H3/t12-,13-,15-/m0/s1. The summed E-state index contributed by atoms with van der Waals surface area (Å²) < 4.78 is 5.34. The van der Waals surface area contributed by atoms with Gasteiger partial charge in [0.15, 0.2) is 0 Å². The first kappa shape index (κ1) is 13.2. The molecule has 3 nitrogen and oxygen atoms in total. The highest BCUT2D eigenvalue weighted by atomic mass is 28.3. The summed E-state index contributed by atoms with van der Waals surface area (Å²) in [5, 5.41) is 0. The SMILES string of the molecule is C[Si](C)(C)C#C[C@H]1CN2CCC[C@H]2[C@]12CCOC2=O. The summed E-state index contributed by atoms with van der Waals surface area (Å²) >= 11 is 0. The Balaban J connectivity index is 1.95. The molecule has 0 amide bonds. The molecule has 3 aliphatic heterocycles. The first-order valence-corrected chi connectivity index (χ1v) is 10.9. The molecule has 3 atom stereocenters. The Kier molecular flexibility index (Phi) is 3.03. The van der Waals surface area contributed by atoms with Gasteiger partial charge in [0.2, 0.25) is 0 Å². The summed E-state index contributed by atoms with van der Waals surface area (Å²) in [5.41, 5.74) is 3.18. The van der Waals surface area contributed by atoms with Crippen molar-refractivity contribution < 1.29 is 9.53 Å². The fourth-order valence-corrected chi connectivity index (χ4v) is 4.51. The van der Waals surface area contributed by atoms with Gasteiger partial charge < -0.3 is 4.74 Å². The van der Waals surface area contributed by atoms with Crippen LogP contribution in [0.25, 0.3) is 0 Å². The van der Waals surface area contributed by atoms with Crippen LogP contribution in [0.15, 0.2) is 0 Å². The number of cyclic esters (lactones) is 1. The molecule has 3 aliphatic rings. The van der Waals surface area contributed by atoms with E-state index in [-0.39, 0.29) is 17.3 Å². The van der Waals surface area contributed by atoms with Crippen LogP contribution in [0.1, 0.15) is 19.3 Å². The minimum Gasteiger partial charge on any atom is -0.465 e. The molecule has 3 rings (SSSR count). The number of carbonyl (C=O) groups is 1. The van der Waals surface area contributed by atoms with Gasteiger partial charge in [-0.15, -0.1) is 11.5 Å². The number of rotatable bonds is 0. The van der Waals surface area contributed by atoms with Crippen LogP contribution in [0, 0.1) is 22.8 Å². The van der Waals surface area contributed by atoms with Crippen molar-refractivity contribution >= 4 is 14.0 Å². The Morgan fingerprint density at radius 2 is 2.21 bits per heavy atom. The molecule has 0 radical (unpaired) electrons. The van der Waals surface area contributed by atoms with Crippen molar-refractivity contribution in [1.29, 1.82) is 0 Å². The molecule has 0 aromatic carbocycles. The fraction of sp³-hybridized carbons (Fsp3) is 0.800. The highest BCUT2D eigenvalue weighted by Crippen LogP contribution is 2.51. The zero-order valence-electron chi connectivity index (χ0n) is 12.2. The molecule has 19 heavy (non-hydrogen) atoms. The van der Waals surface area contributed by atoms with E-state index >= 15 is 0 Å². The van der Waals surface area contributed by atoms with Gasteiger partial charge in [-0.2, -0.15) is 0 Å². The molecule has 0 N–H and O–H groups in total. The predicted molar refractivity (Wildman–Crippen MR) is 77.2 cm³/mol. The summed E-state index contributed by atoms with van der Waals surface area (Å²) in [4.78, 5) is 14.9. The minimum atomic E-state index is -1.38. The lowest BCUT2D eigenvalue weighted by Gasteiger charge is -2.29. The zero-order valence-corrected chi connectivity index (χ0v) is 13.2. The number of hydrogen-bond acceptors (Lipinski definition) is 3. The first-order chi connectivity index (χ1) is 8.93. The number of ether oxygens (including phenoxy) is 1. The molecular formula is C15H23NO2Si. The molecule has 104 valence electrons. The molecule has 1 spiro atoms. The van der Waals surface area contributed by atoms with Crippen molar-refractivity contribution in [2.45, 2.75) is 44.9 Å². The van der Waals surface area contributed by atoms with E-state index in [0.29, 0.717) is 12.6 Å². The van der Waals surface area contributed by atoms with Gasteiger partial charge in [-0.25, -0.2) is 0 Å². The van der Waals surface area contributed by atoms with E-state index in [0.717, 1.165) is 25.9 Å². The second-order valence-electron chi connectivity index (χ2n) is 7.15. The fourth-order valence-electron chi connectivity index (χ4n) is 3.90. The average molecular weight is 277 g/mol. The average Bonchev–Trinajstić information content (AvgIpc) is 2.95. The van der Waals surface area contributed by atoms with E-state index in [1.165, 1.54) is 6.42 Å². The third-order valence-corrected chi connectivity index (χ3v) is 5.64. The van der Waals surface area contributed by atoms with Crippen molar-refractivity contribution in [1.82, 2.24) is 4.90 Å². The van der Waals surface area contributed by atoms with Crippen LogP contribution in [-0.4, -0.2) is 44.7 Å². The van der Waals surface area contributed by atoms with Gasteiger partial charge in [-0.05, 0) is 19.4 Å². The highest BCUT2D eigenvalue weighted by molar-refractivity contribution is 6.83. The second kappa shape index (κ2) is 4.36. The molecule has 3 saturated heterocycles. The number of fused-ring (bicyclic) bond motifs is 2. The van der Waals surface area contributed by atoms with Gasteiger partial charge in [0.05, 0.1) is 12.5 Å². The van der Waals surface area contributed by atoms with Gasteiger partial charge in [-0.1, -0.05) is 19.6 Å². The van der Waals surface area contributed by atoms with Crippen molar-refractivity contribution in [2.24, 2.45) is 11.3 Å². The maximum absolute atomic E-state index is 12.4. The van der Waals surface area contributed by atoms with Crippen LogP contribution in [0.3, 0.4) is 0 Å². The van der Waals surface area contributed by atoms with E-state index in [1.807, 2.05) is 0 Å². The molecule has 3 fully saturated rings. The van der Waals surface area contributed by atoms with Crippen LogP contribution < -0.4 is 0 Å². The third kappa shape index (κ3) is 2.04. The third-order valence-electron chi connectivity index (χ3n) is 4.75. The number of nitrogens with zero attached hydrogens (tertiary/aromatic N) is 1. The normalized spacial score (nSPS) is 38.2. The van der Waals surface area contributed by atoms with E-state index in [1.54, 1.807) is 0 Å². The summed E-state index contributed by atoms with van der Waals surface area (Å²) in [5.74, 6) is 3.70. The summed E-state index contributed by atoms with van der Waals surface area (Å²) in [6.07, 6.45) is 3.23. The number of hydrogen-bond donors (Lipinski definition) is 0. The lowest BCUT2D eigenvalue weighted by atomic mass is 9.71. The molecule has 0 aromatic rings. The lowest BCUT2D eigenvalue weighted by molar-refractivity contribution is -0.148. The largest absolute Gasteiger partial charge is 0.465 e. The van der Waals surface area contributed by atoms with Crippen molar-refractivity contribution in [3.8, 4) is 11.5 Å². The van der Waals surface area contributed by atoms with Gasteiger partial charge in [0.25, 0.3) is 0 Å². The van der Waals surface area contributed by atoms with E-state index in [9.17, 15) is 4.79 Å². The molecule has 0 aliphatic carbocycles. The predicted octanol–water partition coefficient (Wildman–Crippen LogP) is 1.89. The van der Waals surface area contributed by atoms with Crippen LogP contribution in [0.2, 0.25) is 19.6 Å². The topological polar surface area (TPSA) is 29.5 Å². The van der Waals surface area contributed by atoms with Gasteiger partial charge in [-0.3, -0.25) is 9.69 Å². The molecule has 0 bridgehead atoms. The molecule has 4 heteroatoms. The molecule has 0 saturated carbocycles. The van der Waals surface area contributed by atoms with E-state index in [2.05, 4.69) is 36.0 Å². The highest BCUT2D eigenvalue weighted by Gasteiger charge is 2.62. The smallest absolute Gasteiger partial charge is 0.315 e.